The first-order valence-corrected chi connectivity index (χ1v) is 9.17. The van der Waals surface area contributed by atoms with E-state index >= 15 is 0 Å². The Morgan fingerprint density at radius 1 is 1.15 bits per heavy atom. The summed E-state index contributed by atoms with van der Waals surface area (Å²) in [4.78, 5) is 25.4. The molecule has 3 aliphatic rings. The summed E-state index contributed by atoms with van der Waals surface area (Å²) in [7, 11) is 1.60. The molecule has 0 N–H and O–H groups in total. The number of benzene rings is 1. The van der Waals surface area contributed by atoms with Crippen LogP contribution in [0.25, 0.3) is 0 Å². The zero-order valence-corrected chi connectivity index (χ0v) is 15.9. The van der Waals surface area contributed by atoms with Crippen molar-refractivity contribution >= 4 is 11.7 Å². The van der Waals surface area contributed by atoms with Gasteiger partial charge in [0.05, 0.1) is 19.2 Å². The highest BCUT2D eigenvalue weighted by Gasteiger charge is 2.47. The van der Waals surface area contributed by atoms with Gasteiger partial charge in [-0.2, -0.15) is 0 Å². The minimum atomic E-state index is 0.0254. The maximum Gasteiger partial charge on any atom is 0.261 e. The smallest absolute Gasteiger partial charge is 0.261 e. The SMILES string of the molecule is COc1cc(C)ccc1OCC(=O)N1C2CC1CN(c1cc(C)ncn1)C2. The summed E-state index contributed by atoms with van der Waals surface area (Å²) in [5.74, 6) is 2.21. The molecule has 2 atom stereocenters. The van der Waals surface area contributed by atoms with Crippen molar-refractivity contribution < 1.29 is 14.3 Å². The summed E-state index contributed by atoms with van der Waals surface area (Å²) in [6.07, 6.45) is 2.64. The Morgan fingerprint density at radius 2 is 1.93 bits per heavy atom. The van der Waals surface area contributed by atoms with Gasteiger partial charge >= 0.3 is 0 Å². The van der Waals surface area contributed by atoms with E-state index < -0.39 is 0 Å². The van der Waals surface area contributed by atoms with Crippen molar-refractivity contribution in [2.45, 2.75) is 32.4 Å². The number of carbonyl (C=O) groups is 1. The second kappa shape index (κ2) is 7.06. The van der Waals surface area contributed by atoms with Gasteiger partial charge in [0, 0.05) is 24.8 Å². The fourth-order valence-electron chi connectivity index (χ4n) is 3.93. The highest BCUT2D eigenvalue weighted by Crippen LogP contribution is 2.34. The molecule has 3 aliphatic heterocycles. The van der Waals surface area contributed by atoms with E-state index in [-0.39, 0.29) is 24.6 Å². The number of fused-ring (bicyclic) bond motifs is 2. The summed E-state index contributed by atoms with van der Waals surface area (Å²) in [6.45, 7) is 5.57. The number of methoxy groups -OCH3 is 1. The number of ether oxygens (including phenoxy) is 2. The van der Waals surface area contributed by atoms with E-state index in [1.54, 1.807) is 13.4 Å². The third-order valence-corrected chi connectivity index (χ3v) is 5.26. The number of nitrogens with zero attached hydrogens (tertiary/aromatic N) is 4. The van der Waals surface area contributed by atoms with Crippen molar-refractivity contribution in [1.29, 1.82) is 0 Å². The van der Waals surface area contributed by atoms with Crippen LogP contribution in [-0.4, -0.2) is 59.7 Å². The van der Waals surface area contributed by atoms with Gasteiger partial charge in [0.2, 0.25) is 0 Å². The zero-order valence-electron chi connectivity index (χ0n) is 15.9. The zero-order chi connectivity index (χ0) is 19.0. The molecule has 0 saturated carbocycles. The number of piperidine rings is 1. The Labute approximate surface area is 158 Å². The van der Waals surface area contributed by atoms with Gasteiger partial charge in [0.1, 0.15) is 12.1 Å². The molecule has 7 heteroatoms. The largest absolute Gasteiger partial charge is 0.493 e. The van der Waals surface area contributed by atoms with Crippen molar-refractivity contribution in [2.24, 2.45) is 0 Å². The van der Waals surface area contributed by atoms with E-state index in [4.69, 9.17) is 9.47 Å². The molecular weight excluding hydrogens is 344 g/mol. The summed E-state index contributed by atoms with van der Waals surface area (Å²) >= 11 is 0. The van der Waals surface area contributed by atoms with Gasteiger partial charge in [-0.15, -0.1) is 0 Å². The lowest BCUT2D eigenvalue weighted by Crippen LogP contribution is -2.71. The summed E-state index contributed by atoms with van der Waals surface area (Å²) in [6, 6.07) is 8.12. The number of amides is 1. The highest BCUT2D eigenvalue weighted by molar-refractivity contribution is 5.80. The molecule has 0 radical (unpaired) electrons. The van der Waals surface area contributed by atoms with Crippen molar-refractivity contribution in [3.05, 3.63) is 41.9 Å². The quantitative estimate of drug-likeness (QED) is 0.804. The fraction of sp³-hybridized carbons (Fsp3) is 0.450. The predicted molar refractivity (Wildman–Crippen MR) is 101 cm³/mol. The van der Waals surface area contributed by atoms with Gasteiger partial charge in [0.15, 0.2) is 18.1 Å². The number of hydrogen-bond acceptors (Lipinski definition) is 6. The van der Waals surface area contributed by atoms with Gasteiger partial charge < -0.3 is 19.3 Å². The Balaban J connectivity index is 1.36. The third kappa shape index (κ3) is 3.41. The molecule has 3 fully saturated rings. The van der Waals surface area contributed by atoms with Crippen LogP contribution in [0.3, 0.4) is 0 Å². The molecule has 7 nitrogen and oxygen atoms in total. The van der Waals surface area contributed by atoms with E-state index in [1.165, 1.54) is 0 Å². The number of aromatic nitrogens is 2. The van der Waals surface area contributed by atoms with E-state index in [9.17, 15) is 4.79 Å². The molecule has 0 spiro atoms. The average molecular weight is 368 g/mol. The van der Waals surface area contributed by atoms with Gasteiger partial charge in [-0.25, -0.2) is 9.97 Å². The van der Waals surface area contributed by atoms with Crippen LogP contribution in [0.2, 0.25) is 0 Å². The standard InChI is InChI=1S/C20H24N4O3/c1-13-4-5-17(18(6-13)26-3)27-11-20(25)24-15-8-16(24)10-23(9-15)19-7-14(2)21-12-22-19/h4-7,12,15-16H,8-11H2,1-3H3. The number of aryl methyl sites for hydroxylation is 2. The maximum absolute atomic E-state index is 12.7. The molecule has 4 heterocycles. The van der Waals surface area contributed by atoms with Crippen LogP contribution in [0.5, 0.6) is 11.5 Å². The van der Waals surface area contributed by atoms with Gasteiger partial charge in [-0.1, -0.05) is 6.07 Å². The minimum Gasteiger partial charge on any atom is -0.493 e. The Hall–Kier alpha value is -2.83. The monoisotopic (exact) mass is 368 g/mol. The second-order valence-electron chi connectivity index (χ2n) is 7.21. The molecule has 2 unspecified atom stereocenters. The molecule has 2 aromatic rings. The Kier molecular flexibility index (Phi) is 4.59. The molecule has 27 heavy (non-hydrogen) atoms. The molecule has 1 amide bonds. The molecule has 2 bridgehead atoms. The molecule has 142 valence electrons. The first-order valence-electron chi connectivity index (χ1n) is 9.17. The van der Waals surface area contributed by atoms with Gasteiger partial charge in [-0.3, -0.25) is 4.79 Å². The highest BCUT2D eigenvalue weighted by atomic mass is 16.5. The first-order chi connectivity index (χ1) is 13.0. The van der Waals surface area contributed by atoms with E-state index in [1.807, 2.05) is 43.0 Å². The van der Waals surface area contributed by atoms with Crippen LogP contribution >= 0.6 is 0 Å². The summed E-state index contributed by atoms with van der Waals surface area (Å²) in [5.41, 5.74) is 2.04. The van der Waals surface area contributed by atoms with Gasteiger partial charge in [0.25, 0.3) is 5.91 Å². The first kappa shape index (κ1) is 17.6. The molecule has 3 saturated heterocycles. The third-order valence-electron chi connectivity index (χ3n) is 5.26. The molecule has 0 aliphatic carbocycles. The number of piperazine rings is 1. The van der Waals surface area contributed by atoms with E-state index in [0.717, 1.165) is 36.6 Å². The number of anilines is 1. The van der Waals surface area contributed by atoms with E-state index in [2.05, 4.69) is 14.9 Å². The van der Waals surface area contributed by atoms with Crippen LogP contribution in [0.1, 0.15) is 17.7 Å². The van der Waals surface area contributed by atoms with Crippen LogP contribution in [-0.2, 0) is 4.79 Å². The number of hydrogen-bond donors (Lipinski definition) is 0. The van der Waals surface area contributed by atoms with Crippen molar-refractivity contribution in [3.63, 3.8) is 0 Å². The topological polar surface area (TPSA) is 67.8 Å². The number of rotatable bonds is 5. The van der Waals surface area contributed by atoms with Crippen molar-refractivity contribution in [2.75, 3.05) is 31.7 Å². The summed E-state index contributed by atoms with van der Waals surface area (Å²) in [5, 5.41) is 0. The van der Waals surface area contributed by atoms with Crippen molar-refractivity contribution in [1.82, 2.24) is 14.9 Å². The second-order valence-corrected chi connectivity index (χ2v) is 7.21. The number of carbonyl (C=O) groups excluding carboxylic acids is 1. The predicted octanol–water partition coefficient (Wildman–Crippen LogP) is 1.97. The normalized spacial score (nSPS) is 20.9. The van der Waals surface area contributed by atoms with Crippen LogP contribution in [0.4, 0.5) is 5.82 Å². The fourth-order valence-corrected chi connectivity index (χ4v) is 3.93. The lowest BCUT2D eigenvalue weighted by Gasteiger charge is -2.56. The van der Waals surface area contributed by atoms with Crippen molar-refractivity contribution in [3.8, 4) is 11.5 Å². The molecule has 1 aromatic heterocycles. The summed E-state index contributed by atoms with van der Waals surface area (Å²) < 4.78 is 11.1. The molecular formula is C20H24N4O3. The lowest BCUT2D eigenvalue weighted by molar-refractivity contribution is -0.148. The molecule has 1 aromatic carbocycles. The Morgan fingerprint density at radius 3 is 2.63 bits per heavy atom. The molecule has 5 rings (SSSR count). The Bertz CT molecular complexity index is 845. The van der Waals surface area contributed by atoms with Crippen LogP contribution < -0.4 is 14.4 Å². The average Bonchev–Trinajstić information content (AvgIpc) is 2.67. The van der Waals surface area contributed by atoms with Crippen LogP contribution in [0.15, 0.2) is 30.6 Å². The van der Waals surface area contributed by atoms with Gasteiger partial charge in [-0.05, 0) is 38.0 Å². The van der Waals surface area contributed by atoms with E-state index in [0.29, 0.717) is 11.5 Å². The maximum atomic E-state index is 12.7. The van der Waals surface area contributed by atoms with Crippen LogP contribution in [0, 0.1) is 13.8 Å². The minimum absolute atomic E-state index is 0.0254. The lowest BCUT2D eigenvalue weighted by atomic mass is 9.87.